The highest BCUT2D eigenvalue weighted by molar-refractivity contribution is 6.06. The van der Waals surface area contributed by atoms with Gasteiger partial charge in [-0.1, -0.05) is 32.9 Å². The van der Waals surface area contributed by atoms with Gasteiger partial charge in [-0.25, -0.2) is 4.79 Å². The second kappa shape index (κ2) is 8.03. The topological polar surface area (TPSA) is 84.5 Å². The monoisotopic (exact) mass is 368 g/mol. The number of benzene rings is 2. The van der Waals surface area contributed by atoms with Crippen LogP contribution >= 0.6 is 0 Å². The molecule has 27 heavy (non-hydrogen) atoms. The van der Waals surface area contributed by atoms with E-state index in [0.29, 0.717) is 28.1 Å². The number of amides is 2. The van der Waals surface area contributed by atoms with Crippen molar-refractivity contribution in [2.75, 3.05) is 17.7 Å². The van der Waals surface area contributed by atoms with Gasteiger partial charge in [0, 0.05) is 22.4 Å². The summed E-state index contributed by atoms with van der Waals surface area (Å²) in [6.07, 6.45) is 0. The van der Waals surface area contributed by atoms with E-state index in [2.05, 4.69) is 10.6 Å². The molecule has 2 N–H and O–H groups in total. The maximum absolute atomic E-state index is 12.6. The second-order valence-electron chi connectivity index (χ2n) is 7.21. The molecule has 2 rings (SSSR count). The predicted molar refractivity (Wildman–Crippen MR) is 105 cm³/mol. The van der Waals surface area contributed by atoms with Gasteiger partial charge in [0.15, 0.2) is 0 Å². The van der Waals surface area contributed by atoms with Crippen LogP contribution in [0.1, 0.15) is 47.1 Å². The number of carbonyl (C=O) groups is 3. The fraction of sp³-hybridized carbons (Fsp3) is 0.286. The Labute approximate surface area is 158 Å². The van der Waals surface area contributed by atoms with E-state index in [4.69, 9.17) is 4.74 Å². The van der Waals surface area contributed by atoms with Gasteiger partial charge in [0.05, 0.1) is 12.7 Å². The molecule has 0 aliphatic heterocycles. The van der Waals surface area contributed by atoms with Crippen molar-refractivity contribution in [2.45, 2.75) is 27.7 Å². The first kappa shape index (κ1) is 20.2. The Hall–Kier alpha value is -3.15. The van der Waals surface area contributed by atoms with Crippen molar-refractivity contribution < 1.29 is 19.1 Å². The van der Waals surface area contributed by atoms with E-state index >= 15 is 0 Å². The number of nitrogens with one attached hydrogen (secondary N) is 2. The van der Waals surface area contributed by atoms with Crippen molar-refractivity contribution in [1.29, 1.82) is 0 Å². The molecule has 0 saturated heterocycles. The van der Waals surface area contributed by atoms with Gasteiger partial charge in [0.25, 0.3) is 5.91 Å². The van der Waals surface area contributed by atoms with Gasteiger partial charge in [-0.05, 0) is 42.8 Å². The lowest BCUT2D eigenvalue weighted by Crippen LogP contribution is -2.27. The van der Waals surface area contributed by atoms with E-state index in [0.717, 1.165) is 0 Å². The van der Waals surface area contributed by atoms with Crippen LogP contribution in [0.15, 0.2) is 42.5 Å². The zero-order valence-corrected chi connectivity index (χ0v) is 16.2. The lowest BCUT2D eigenvalue weighted by Gasteiger charge is -2.18. The predicted octanol–water partition coefficient (Wildman–Crippen LogP) is 4.02. The molecule has 0 aliphatic carbocycles. The summed E-state index contributed by atoms with van der Waals surface area (Å²) >= 11 is 0. The van der Waals surface area contributed by atoms with Gasteiger partial charge in [0.2, 0.25) is 5.91 Å². The average Bonchev–Trinajstić information content (AvgIpc) is 2.62. The molecule has 6 heteroatoms. The molecule has 2 aromatic rings. The van der Waals surface area contributed by atoms with Crippen LogP contribution in [0.5, 0.6) is 0 Å². The Morgan fingerprint density at radius 3 is 2.26 bits per heavy atom. The lowest BCUT2D eigenvalue weighted by molar-refractivity contribution is -0.123. The Kier molecular flexibility index (Phi) is 6.00. The molecule has 142 valence electrons. The van der Waals surface area contributed by atoms with Crippen molar-refractivity contribution in [3.8, 4) is 0 Å². The van der Waals surface area contributed by atoms with E-state index in [1.807, 2.05) is 20.8 Å². The maximum Gasteiger partial charge on any atom is 0.338 e. The summed E-state index contributed by atoms with van der Waals surface area (Å²) in [6.45, 7) is 7.18. The summed E-state index contributed by atoms with van der Waals surface area (Å²) in [7, 11) is 1.31. The molecule has 2 aromatic carbocycles. The van der Waals surface area contributed by atoms with E-state index in [1.54, 1.807) is 49.4 Å². The number of anilines is 2. The molecule has 0 aliphatic rings. The van der Waals surface area contributed by atoms with Crippen LogP contribution < -0.4 is 10.6 Å². The SMILES string of the molecule is COC(=O)c1cccc(NC(=O)c2cccc(NC(=O)C(C)(C)C)c2)c1C. The van der Waals surface area contributed by atoms with Crippen LogP contribution in [-0.4, -0.2) is 24.9 Å². The molecular weight excluding hydrogens is 344 g/mol. The van der Waals surface area contributed by atoms with Gasteiger partial charge in [-0.3, -0.25) is 9.59 Å². The van der Waals surface area contributed by atoms with E-state index in [-0.39, 0.29) is 11.8 Å². The van der Waals surface area contributed by atoms with Crippen molar-refractivity contribution in [2.24, 2.45) is 5.41 Å². The normalized spacial score (nSPS) is 10.9. The van der Waals surface area contributed by atoms with E-state index in [9.17, 15) is 14.4 Å². The molecule has 0 fully saturated rings. The largest absolute Gasteiger partial charge is 0.465 e. The minimum Gasteiger partial charge on any atom is -0.465 e. The zero-order chi connectivity index (χ0) is 20.2. The van der Waals surface area contributed by atoms with Crippen LogP contribution in [0.2, 0.25) is 0 Å². The summed E-state index contributed by atoms with van der Waals surface area (Å²) in [5.41, 5.74) is 1.93. The minimum atomic E-state index is -0.538. The van der Waals surface area contributed by atoms with E-state index in [1.165, 1.54) is 7.11 Å². The first-order valence-electron chi connectivity index (χ1n) is 8.54. The van der Waals surface area contributed by atoms with Crippen molar-refractivity contribution >= 4 is 29.2 Å². The molecule has 0 heterocycles. The lowest BCUT2D eigenvalue weighted by atomic mass is 9.95. The number of hydrogen-bond acceptors (Lipinski definition) is 4. The Balaban J connectivity index is 2.21. The Morgan fingerprint density at radius 2 is 1.63 bits per heavy atom. The highest BCUT2D eigenvalue weighted by Gasteiger charge is 2.21. The quantitative estimate of drug-likeness (QED) is 0.799. The Morgan fingerprint density at radius 1 is 0.963 bits per heavy atom. The molecule has 2 amide bonds. The third-order valence-electron chi connectivity index (χ3n) is 4.05. The third kappa shape index (κ3) is 4.94. The Bertz CT molecular complexity index is 882. The molecule has 0 aromatic heterocycles. The first-order chi connectivity index (χ1) is 12.6. The second-order valence-corrected chi connectivity index (χ2v) is 7.21. The number of hydrogen-bond donors (Lipinski definition) is 2. The molecule has 0 spiro atoms. The van der Waals surface area contributed by atoms with Crippen LogP contribution in [0, 0.1) is 12.3 Å². The smallest absolute Gasteiger partial charge is 0.338 e. The standard InChI is InChI=1S/C21H24N2O4/c1-13-16(19(25)27-5)10-7-11-17(13)23-18(24)14-8-6-9-15(12-14)22-20(26)21(2,3)4/h6-12H,1-5H3,(H,22,26)(H,23,24). The van der Waals surface area contributed by atoms with Crippen LogP contribution in [0.4, 0.5) is 11.4 Å². The summed E-state index contributed by atoms with van der Waals surface area (Å²) in [4.78, 5) is 36.5. The first-order valence-corrected chi connectivity index (χ1v) is 8.54. The molecular formula is C21H24N2O4. The van der Waals surface area contributed by atoms with Gasteiger partial charge >= 0.3 is 5.97 Å². The molecule has 0 atom stereocenters. The number of esters is 1. The van der Waals surface area contributed by atoms with Crippen molar-refractivity contribution in [3.05, 3.63) is 59.2 Å². The number of methoxy groups -OCH3 is 1. The summed E-state index contributed by atoms with van der Waals surface area (Å²) in [6, 6.07) is 11.7. The fourth-order valence-corrected chi connectivity index (χ4v) is 2.35. The summed E-state index contributed by atoms with van der Waals surface area (Å²) in [5, 5.41) is 5.60. The van der Waals surface area contributed by atoms with Gasteiger partial charge in [0.1, 0.15) is 0 Å². The zero-order valence-electron chi connectivity index (χ0n) is 16.2. The minimum absolute atomic E-state index is 0.137. The molecule has 0 radical (unpaired) electrons. The number of carbonyl (C=O) groups excluding carboxylic acids is 3. The molecule has 0 saturated carbocycles. The van der Waals surface area contributed by atoms with Gasteiger partial charge < -0.3 is 15.4 Å². The third-order valence-corrected chi connectivity index (χ3v) is 4.05. The average molecular weight is 368 g/mol. The van der Waals surface area contributed by atoms with Crippen molar-refractivity contribution in [1.82, 2.24) is 0 Å². The highest BCUT2D eigenvalue weighted by Crippen LogP contribution is 2.22. The fourth-order valence-electron chi connectivity index (χ4n) is 2.35. The molecule has 6 nitrogen and oxygen atoms in total. The maximum atomic E-state index is 12.6. The van der Waals surface area contributed by atoms with Gasteiger partial charge in [-0.2, -0.15) is 0 Å². The van der Waals surface area contributed by atoms with Crippen LogP contribution in [0.25, 0.3) is 0 Å². The molecule has 0 unspecified atom stereocenters. The van der Waals surface area contributed by atoms with Crippen LogP contribution in [0.3, 0.4) is 0 Å². The summed E-state index contributed by atoms with van der Waals surface area (Å²) < 4.78 is 4.75. The van der Waals surface area contributed by atoms with Crippen molar-refractivity contribution in [3.63, 3.8) is 0 Å². The summed E-state index contributed by atoms with van der Waals surface area (Å²) in [5.74, 6) is -0.941. The number of rotatable bonds is 4. The van der Waals surface area contributed by atoms with Crippen LogP contribution in [-0.2, 0) is 9.53 Å². The number of ether oxygens (including phenoxy) is 1. The molecule has 0 bridgehead atoms. The van der Waals surface area contributed by atoms with Gasteiger partial charge in [-0.15, -0.1) is 0 Å². The van der Waals surface area contributed by atoms with E-state index < -0.39 is 11.4 Å². The highest BCUT2D eigenvalue weighted by atomic mass is 16.5.